The van der Waals surface area contributed by atoms with E-state index >= 15 is 0 Å². The summed E-state index contributed by atoms with van der Waals surface area (Å²) in [6.07, 6.45) is 0. The molecular formula is C14H13BrF2N2O4. The molecule has 1 heterocycles. The second-order valence-corrected chi connectivity index (χ2v) is 5.58. The van der Waals surface area contributed by atoms with Crippen LogP contribution in [0.15, 0.2) is 27.9 Å². The summed E-state index contributed by atoms with van der Waals surface area (Å²) in [7, 11) is 1.13. The zero-order valence-electron chi connectivity index (χ0n) is 12.0. The van der Waals surface area contributed by atoms with E-state index in [0.29, 0.717) is 0 Å². The Morgan fingerprint density at radius 3 is 2.57 bits per heavy atom. The van der Waals surface area contributed by atoms with E-state index in [1.165, 1.54) is 4.90 Å². The van der Waals surface area contributed by atoms with Gasteiger partial charge in [-0.15, -0.1) is 0 Å². The fourth-order valence-electron chi connectivity index (χ4n) is 2.14. The molecular weight excluding hydrogens is 378 g/mol. The van der Waals surface area contributed by atoms with Crippen molar-refractivity contribution in [3.05, 3.63) is 39.5 Å². The second kappa shape index (κ2) is 7.05. The number of β-amino-alcohol motifs (C(OH)–C–C–N with tert-alkyl or cyclic N) is 1. The summed E-state index contributed by atoms with van der Waals surface area (Å²) in [4.78, 5) is 25.2. The number of anilines is 1. The molecule has 6 nitrogen and oxygen atoms in total. The highest BCUT2D eigenvalue weighted by atomic mass is 79.9. The Labute approximate surface area is 138 Å². The molecule has 0 aromatic heterocycles. The third-order valence-electron chi connectivity index (χ3n) is 3.21. The number of methoxy groups -OCH3 is 1. The number of benzene rings is 1. The van der Waals surface area contributed by atoms with Crippen LogP contribution in [-0.4, -0.2) is 48.7 Å². The predicted molar refractivity (Wildman–Crippen MR) is 80.4 cm³/mol. The van der Waals surface area contributed by atoms with Gasteiger partial charge in [0.05, 0.1) is 25.8 Å². The number of nitrogens with one attached hydrogen (secondary N) is 1. The molecule has 2 rings (SSSR count). The van der Waals surface area contributed by atoms with Gasteiger partial charge in [0.1, 0.15) is 11.4 Å². The molecule has 0 bridgehead atoms. The van der Waals surface area contributed by atoms with Gasteiger partial charge >= 0.3 is 5.97 Å². The van der Waals surface area contributed by atoms with E-state index in [1.807, 2.05) is 0 Å². The van der Waals surface area contributed by atoms with E-state index in [2.05, 4.69) is 26.0 Å². The predicted octanol–water partition coefficient (Wildman–Crippen LogP) is 1.40. The zero-order chi connectivity index (χ0) is 17.1. The van der Waals surface area contributed by atoms with Gasteiger partial charge in [0.2, 0.25) is 0 Å². The maximum atomic E-state index is 13.9. The number of ether oxygens (including phenoxy) is 1. The fraction of sp³-hybridized carbons (Fsp3) is 0.286. The number of carbonyl (C=O) groups excluding carboxylic acids is 2. The van der Waals surface area contributed by atoms with Crippen molar-refractivity contribution in [1.82, 2.24) is 4.90 Å². The maximum Gasteiger partial charge on any atom is 0.337 e. The quantitative estimate of drug-likeness (QED) is 0.743. The highest BCUT2D eigenvalue weighted by Crippen LogP contribution is 2.28. The van der Waals surface area contributed by atoms with E-state index in [0.717, 1.165) is 19.2 Å². The van der Waals surface area contributed by atoms with Crippen molar-refractivity contribution in [3.63, 3.8) is 0 Å². The normalized spacial score (nSPS) is 14.5. The minimum Gasteiger partial charge on any atom is -0.466 e. The molecule has 1 aromatic rings. The first-order valence-corrected chi connectivity index (χ1v) is 7.31. The maximum absolute atomic E-state index is 13.9. The molecule has 0 saturated heterocycles. The Kier molecular flexibility index (Phi) is 5.32. The molecule has 1 amide bonds. The first-order chi connectivity index (χ1) is 10.9. The largest absolute Gasteiger partial charge is 0.466 e. The number of hydrogen-bond acceptors (Lipinski definition) is 5. The summed E-state index contributed by atoms with van der Waals surface area (Å²) in [6.45, 7) is -0.446. The molecule has 1 aliphatic rings. The van der Waals surface area contributed by atoms with Gasteiger partial charge in [0.25, 0.3) is 5.91 Å². The van der Waals surface area contributed by atoms with Crippen LogP contribution in [0, 0.1) is 11.6 Å². The van der Waals surface area contributed by atoms with Gasteiger partial charge in [-0.05, 0) is 12.1 Å². The Morgan fingerprint density at radius 2 is 2.04 bits per heavy atom. The molecule has 0 aliphatic carbocycles. The summed E-state index contributed by atoms with van der Waals surface area (Å²) in [6, 6.07) is 2.05. The van der Waals surface area contributed by atoms with Gasteiger partial charge in [-0.25, -0.2) is 13.6 Å². The monoisotopic (exact) mass is 390 g/mol. The van der Waals surface area contributed by atoms with Crippen LogP contribution in [0.4, 0.5) is 14.5 Å². The van der Waals surface area contributed by atoms with Gasteiger partial charge in [-0.2, -0.15) is 0 Å². The molecule has 1 aromatic carbocycles. The first kappa shape index (κ1) is 17.4. The fourth-order valence-corrected chi connectivity index (χ4v) is 2.54. The molecule has 9 heteroatoms. The van der Waals surface area contributed by atoms with Crippen molar-refractivity contribution >= 4 is 33.5 Å². The minimum atomic E-state index is -0.929. The lowest BCUT2D eigenvalue weighted by molar-refractivity contribution is -0.136. The topological polar surface area (TPSA) is 78.9 Å². The van der Waals surface area contributed by atoms with Crippen LogP contribution in [0.25, 0.3) is 0 Å². The number of nitrogens with zero attached hydrogens (tertiary/aromatic N) is 1. The third kappa shape index (κ3) is 3.50. The van der Waals surface area contributed by atoms with Gasteiger partial charge < -0.3 is 20.1 Å². The molecule has 23 heavy (non-hydrogen) atoms. The number of esters is 1. The lowest BCUT2D eigenvalue weighted by atomic mass is 10.2. The molecule has 0 unspecified atom stereocenters. The van der Waals surface area contributed by atoms with Crippen LogP contribution in [0.1, 0.15) is 0 Å². The first-order valence-electron chi connectivity index (χ1n) is 6.52. The van der Waals surface area contributed by atoms with Crippen LogP contribution in [0.5, 0.6) is 0 Å². The Morgan fingerprint density at radius 1 is 1.43 bits per heavy atom. The molecule has 2 N–H and O–H groups in total. The van der Waals surface area contributed by atoms with Gasteiger partial charge in [0, 0.05) is 11.0 Å². The lowest BCUT2D eigenvalue weighted by Crippen LogP contribution is -2.31. The standard InChI is InChI=1S/C14H13BrF2N2O4/c1-23-14(22)8-6-19(2-3-20)13(21)11(8)18-12-9(16)4-7(15)5-10(12)17/h4-5,18,20H,2-3,6H2,1H3. The number of halogens is 3. The van der Waals surface area contributed by atoms with Gasteiger partial charge in [-0.3, -0.25) is 4.79 Å². The van der Waals surface area contributed by atoms with E-state index in [4.69, 9.17) is 5.11 Å². The molecule has 0 fully saturated rings. The molecule has 0 atom stereocenters. The van der Waals surface area contributed by atoms with Crippen LogP contribution in [0.3, 0.4) is 0 Å². The van der Waals surface area contributed by atoms with E-state index in [-0.39, 0.29) is 35.4 Å². The van der Waals surface area contributed by atoms with Crippen LogP contribution >= 0.6 is 15.9 Å². The second-order valence-electron chi connectivity index (χ2n) is 4.66. The Balaban J connectivity index is 2.41. The number of rotatable bonds is 5. The van der Waals surface area contributed by atoms with Crippen molar-refractivity contribution < 1.29 is 28.2 Å². The van der Waals surface area contributed by atoms with E-state index < -0.39 is 29.2 Å². The number of aliphatic hydroxyl groups excluding tert-OH is 1. The van der Waals surface area contributed by atoms with Gasteiger partial charge in [-0.1, -0.05) is 15.9 Å². The van der Waals surface area contributed by atoms with Crippen LogP contribution in [0.2, 0.25) is 0 Å². The van der Waals surface area contributed by atoms with Crippen LogP contribution in [-0.2, 0) is 14.3 Å². The van der Waals surface area contributed by atoms with Gasteiger partial charge in [0.15, 0.2) is 11.6 Å². The molecule has 0 radical (unpaired) electrons. The van der Waals surface area contributed by atoms with E-state index in [9.17, 15) is 18.4 Å². The number of carbonyl (C=O) groups is 2. The summed E-state index contributed by atoms with van der Waals surface area (Å²) in [5, 5.41) is 11.3. The van der Waals surface area contributed by atoms with Crippen molar-refractivity contribution in [2.24, 2.45) is 0 Å². The summed E-state index contributed by atoms with van der Waals surface area (Å²) in [5.41, 5.74) is -0.887. The smallest absolute Gasteiger partial charge is 0.337 e. The summed E-state index contributed by atoms with van der Waals surface area (Å²) >= 11 is 2.95. The Hall–Kier alpha value is -2.00. The lowest BCUT2D eigenvalue weighted by Gasteiger charge is -2.15. The SMILES string of the molecule is COC(=O)C1=C(Nc2c(F)cc(Br)cc2F)C(=O)N(CCO)C1. The number of aliphatic hydroxyl groups is 1. The molecule has 0 saturated carbocycles. The highest BCUT2D eigenvalue weighted by molar-refractivity contribution is 9.10. The molecule has 0 spiro atoms. The zero-order valence-corrected chi connectivity index (χ0v) is 13.6. The third-order valence-corrected chi connectivity index (χ3v) is 3.67. The number of amides is 1. The van der Waals surface area contributed by atoms with Crippen molar-refractivity contribution in [1.29, 1.82) is 0 Å². The van der Waals surface area contributed by atoms with Crippen LogP contribution < -0.4 is 5.32 Å². The summed E-state index contributed by atoms with van der Waals surface area (Å²) in [5.74, 6) is -3.30. The van der Waals surface area contributed by atoms with Crippen molar-refractivity contribution in [3.8, 4) is 0 Å². The highest BCUT2D eigenvalue weighted by Gasteiger charge is 2.35. The van der Waals surface area contributed by atoms with E-state index in [1.54, 1.807) is 0 Å². The number of hydrogen-bond donors (Lipinski definition) is 2. The average Bonchev–Trinajstić information content (AvgIpc) is 2.79. The molecule has 1 aliphatic heterocycles. The Bertz CT molecular complexity index is 670. The average molecular weight is 391 g/mol. The van der Waals surface area contributed by atoms with Crippen molar-refractivity contribution in [2.45, 2.75) is 0 Å². The van der Waals surface area contributed by atoms with Crippen molar-refractivity contribution in [2.75, 3.05) is 32.1 Å². The molecule has 124 valence electrons. The summed E-state index contributed by atoms with van der Waals surface area (Å²) < 4.78 is 32.6. The minimum absolute atomic E-state index is 0.0180.